The van der Waals surface area contributed by atoms with E-state index in [2.05, 4.69) is 11.3 Å². The Balaban J connectivity index is 2.84. The van der Waals surface area contributed by atoms with Crippen molar-refractivity contribution < 1.29 is 19.1 Å². The van der Waals surface area contributed by atoms with Crippen molar-refractivity contribution in [2.24, 2.45) is 0 Å². The van der Waals surface area contributed by atoms with E-state index in [0.717, 1.165) is 7.11 Å². The summed E-state index contributed by atoms with van der Waals surface area (Å²) in [6, 6.07) is -0.643. The third-order valence-electron chi connectivity index (χ3n) is 2.74. The Labute approximate surface area is 94.1 Å². The van der Waals surface area contributed by atoms with Gasteiger partial charge in [-0.1, -0.05) is 6.08 Å². The first-order valence-corrected chi connectivity index (χ1v) is 5.12. The molecule has 1 saturated heterocycles. The second-order valence-corrected chi connectivity index (χ2v) is 3.66. The molecule has 1 rings (SSSR count). The number of methoxy groups -OCH3 is 1. The van der Waals surface area contributed by atoms with E-state index in [1.807, 2.05) is 0 Å². The molecule has 1 heterocycles. The van der Waals surface area contributed by atoms with Gasteiger partial charge in [0.25, 0.3) is 0 Å². The fraction of sp³-hybridized carbons (Fsp3) is 0.545. The van der Waals surface area contributed by atoms with Crippen LogP contribution in [-0.4, -0.2) is 42.3 Å². The lowest BCUT2D eigenvalue weighted by molar-refractivity contribution is -0.160. The molecular weight excluding hydrogens is 210 g/mol. The van der Waals surface area contributed by atoms with E-state index in [1.54, 1.807) is 6.08 Å². The third kappa shape index (κ3) is 2.29. The molecule has 0 radical (unpaired) electrons. The number of hydrogen-bond acceptors (Lipinski definition) is 4. The van der Waals surface area contributed by atoms with E-state index < -0.39 is 17.9 Å². The maximum absolute atomic E-state index is 11.7. The molecule has 5 heteroatoms. The van der Waals surface area contributed by atoms with Crippen molar-refractivity contribution in [3.05, 3.63) is 12.7 Å². The van der Waals surface area contributed by atoms with Crippen LogP contribution in [0.3, 0.4) is 0 Å². The summed E-state index contributed by atoms with van der Waals surface area (Å²) in [5.74, 6) is -1.67. The van der Waals surface area contributed by atoms with Gasteiger partial charge in [-0.3, -0.25) is 4.79 Å². The van der Waals surface area contributed by atoms with E-state index >= 15 is 0 Å². The quantitative estimate of drug-likeness (QED) is 0.300. The molecule has 1 fully saturated rings. The van der Waals surface area contributed by atoms with Gasteiger partial charge in [0.2, 0.25) is 0 Å². The Bertz CT molecular complexity index is 313. The van der Waals surface area contributed by atoms with Crippen LogP contribution in [0.15, 0.2) is 12.7 Å². The average molecular weight is 225 g/mol. The van der Waals surface area contributed by atoms with Crippen LogP contribution in [-0.2, 0) is 19.1 Å². The predicted molar refractivity (Wildman–Crippen MR) is 56.6 cm³/mol. The van der Waals surface area contributed by atoms with Crippen LogP contribution in [0.4, 0.5) is 0 Å². The Morgan fingerprint density at radius 1 is 1.50 bits per heavy atom. The molecule has 1 amide bonds. The standard InChI is InChI=1S/C11H15NO4/c1-3-4-8-5-6-9(7-13)12(8)10(14)11(15)16-2/h3,7-9H,1,4-6H2,2H3/t8?,9-/m0/s1. The summed E-state index contributed by atoms with van der Waals surface area (Å²) >= 11 is 0. The minimum absolute atomic E-state index is 0.126. The van der Waals surface area contributed by atoms with Crippen molar-refractivity contribution in [3.8, 4) is 0 Å². The molecular formula is C11H15NO4. The van der Waals surface area contributed by atoms with Crippen LogP contribution in [0.5, 0.6) is 0 Å². The van der Waals surface area contributed by atoms with Gasteiger partial charge in [-0.25, -0.2) is 4.79 Å². The van der Waals surface area contributed by atoms with Crippen molar-refractivity contribution in [2.45, 2.75) is 31.3 Å². The number of esters is 1. The maximum atomic E-state index is 11.7. The van der Waals surface area contributed by atoms with E-state index in [0.29, 0.717) is 25.5 Å². The van der Waals surface area contributed by atoms with Crippen LogP contribution in [0.25, 0.3) is 0 Å². The minimum atomic E-state index is -0.928. The fourth-order valence-electron chi connectivity index (χ4n) is 1.98. The molecule has 0 spiro atoms. The molecule has 1 aliphatic rings. The van der Waals surface area contributed by atoms with Gasteiger partial charge in [0, 0.05) is 6.04 Å². The van der Waals surface area contributed by atoms with Gasteiger partial charge in [-0.05, 0) is 19.3 Å². The number of nitrogens with zero attached hydrogens (tertiary/aromatic N) is 1. The number of ether oxygens (including phenoxy) is 1. The van der Waals surface area contributed by atoms with Crippen molar-refractivity contribution >= 4 is 18.2 Å². The first-order chi connectivity index (χ1) is 7.65. The highest BCUT2D eigenvalue weighted by atomic mass is 16.5. The van der Waals surface area contributed by atoms with Gasteiger partial charge in [-0.2, -0.15) is 0 Å². The van der Waals surface area contributed by atoms with Crippen LogP contribution >= 0.6 is 0 Å². The van der Waals surface area contributed by atoms with Crippen LogP contribution in [0, 0.1) is 0 Å². The predicted octanol–water partition coefficient (Wildman–Crippen LogP) is 0.294. The topological polar surface area (TPSA) is 63.7 Å². The lowest BCUT2D eigenvalue weighted by Crippen LogP contribution is -2.45. The highest BCUT2D eigenvalue weighted by molar-refractivity contribution is 6.32. The lowest BCUT2D eigenvalue weighted by Gasteiger charge is -2.25. The van der Waals surface area contributed by atoms with Gasteiger partial charge < -0.3 is 14.4 Å². The van der Waals surface area contributed by atoms with Crippen molar-refractivity contribution in [3.63, 3.8) is 0 Å². The molecule has 1 aliphatic heterocycles. The number of aldehydes is 1. The molecule has 1 unspecified atom stereocenters. The molecule has 5 nitrogen and oxygen atoms in total. The largest absolute Gasteiger partial charge is 0.462 e. The molecule has 0 aromatic heterocycles. The molecule has 16 heavy (non-hydrogen) atoms. The normalized spacial score (nSPS) is 23.9. The maximum Gasteiger partial charge on any atom is 0.396 e. The third-order valence-corrected chi connectivity index (χ3v) is 2.74. The van der Waals surface area contributed by atoms with Gasteiger partial charge >= 0.3 is 11.9 Å². The van der Waals surface area contributed by atoms with Crippen molar-refractivity contribution in [1.29, 1.82) is 0 Å². The van der Waals surface area contributed by atoms with Gasteiger partial charge in [-0.15, -0.1) is 6.58 Å². The first kappa shape index (κ1) is 12.4. The van der Waals surface area contributed by atoms with Crippen LogP contribution in [0.1, 0.15) is 19.3 Å². The number of rotatable bonds is 3. The zero-order chi connectivity index (χ0) is 12.1. The smallest absolute Gasteiger partial charge is 0.396 e. The van der Waals surface area contributed by atoms with Gasteiger partial charge in [0.1, 0.15) is 6.29 Å². The van der Waals surface area contributed by atoms with Crippen LogP contribution in [0.2, 0.25) is 0 Å². The zero-order valence-corrected chi connectivity index (χ0v) is 9.22. The number of carbonyl (C=O) groups excluding carboxylic acids is 3. The SMILES string of the molecule is C=CCC1CC[C@@H](C=O)N1C(=O)C(=O)OC. The lowest BCUT2D eigenvalue weighted by atomic mass is 10.1. The van der Waals surface area contributed by atoms with Gasteiger partial charge in [0.05, 0.1) is 13.2 Å². The Kier molecular flexibility index (Phi) is 4.22. The Hall–Kier alpha value is -1.65. The van der Waals surface area contributed by atoms with Gasteiger partial charge in [0.15, 0.2) is 0 Å². The average Bonchev–Trinajstić information content (AvgIpc) is 2.70. The Morgan fingerprint density at radius 3 is 2.69 bits per heavy atom. The summed E-state index contributed by atoms with van der Waals surface area (Å²) in [5, 5.41) is 0. The molecule has 0 aromatic carbocycles. The number of hydrogen-bond donors (Lipinski definition) is 0. The van der Waals surface area contributed by atoms with Crippen LogP contribution < -0.4 is 0 Å². The molecule has 0 bridgehead atoms. The number of amides is 1. The van der Waals surface area contributed by atoms with E-state index in [1.165, 1.54) is 4.90 Å². The van der Waals surface area contributed by atoms with Crippen molar-refractivity contribution in [2.75, 3.05) is 7.11 Å². The van der Waals surface area contributed by atoms with E-state index in [-0.39, 0.29) is 6.04 Å². The summed E-state index contributed by atoms with van der Waals surface area (Å²) in [7, 11) is 1.15. The van der Waals surface area contributed by atoms with Crippen molar-refractivity contribution in [1.82, 2.24) is 4.90 Å². The molecule has 2 atom stereocenters. The summed E-state index contributed by atoms with van der Waals surface area (Å²) in [5.41, 5.74) is 0. The Morgan fingerprint density at radius 2 is 2.19 bits per heavy atom. The minimum Gasteiger partial charge on any atom is -0.462 e. The summed E-state index contributed by atoms with van der Waals surface area (Å²) in [4.78, 5) is 35.0. The summed E-state index contributed by atoms with van der Waals surface area (Å²) < 4.78 is 4.37. The van der Waals surface area contributed by atoms with E-state index in [9.17, 15) is 14.4 Å². The molecule has 0 aromatic rings. The number of likely N-dealkylation sites (tertiary alicyclic amines) is 1. The highest BCUT2D eigenvalue weighted by Crippen LogP contribution is 2.25. The first-order valence-electron chi connectivity index (χ1n) is 5.12. The number of carbonyl (C=O) groups is 3. The second-order valence-electron chi connectivity index (χ2n) is 3.66. The highest BCUT2D eigenvalue weighted by Gasteiger charge is 2.39. The summed E-state index contributed by atoms with van der Waals surface area (Å²) in [6.45, 7) is 3.59. The summed E-state index contributed by atoms with van der Waals surface area (Å²) in [6.07, 6.45) is 4.25. The fourth-order valence-corrected chi connectivity index (χ4v) is 1.98. The monoisotopic (exact) mass is 225 g/mol. The molecule has 0 aliphatic carbocycles. The molecule has 0 saturated carbocycles. The molecule has 0 N–H and O–H groups in total. The zero-order valence-electron chi connectivity index (χ0n) is 9.22. The molecule has 88 valence electrons. The van der Waals surface area contributed by atoms with E-state index in [4.69, 9.17) is 0 Å². The second kappa shape index (κ2) is 5.44.